The van der Waals surface area contributed by atoms with E-state index in [0.29, 0.717) is 5.92 Å². The van der Waals surface area contributed by atoms with Crippen molar-refractivity contribution in [2.45, 2.75) is 20.8 Å². The molecule has 1 nitrogen and oxygen atoms in total. The van der Waals surface area contributed by atoms with Crippen LogP contribution in [0, 0.1) is 11.8 Å². The minimum absolute atomic E-state index is 0.694. The summed E-state index contributed by atoms with van der Waals surface area (Å²) in [4.78, 5) is 0. The molecule has 0 unspecified atom stereocenters. The van der Waals surface area contributed by atoms with Crippen molar-refractivity contribution >= 4 is 0 Å². The van der Waals surface area contributed by atoms with E-state index >= 15 is 0 Å². The first-order valence-corrected chi connectivity index (χ1v) is 3.17. The van der Waals surface area contributed by atoms with Crippen LogP contribution in [0.4, 0.5) is 0 Å². The van der Waals surface area contributed by atoms with Crippen LogP contribution >= 0.6 is 0 Å². The molecule has 0 N–H and O–H groups in total. The van der Waals surface area contributed by atoms with E-state index in [1.165, 1.54) is 0 Å². The summed E-state index contributed by atoms with van der Waals surface area (Å²) in [5.41, 5.74) is 0. The molecule has 0 amide bonds. The van der Waals surface area contributed by atoms with Gasteiger partial charge in [0.25, 0.3) is 0 Å². The number of ether oxygens (including phenoxy) is 1. The van der Waals surface area contributed by atoms with E-state index < -0.39 is 0 Å². The number of rotatable bonds is 3. The van der Waals surface area contributed by atoms with Crippen molar-refractivity contribution in [3.63, 3.8) is 0 Å². The lowest BCUT2D eigenvalue weighted by Gasteiger charge is -2.12. The third kappa shape index (κ3) is 3.03. The van der Waals surface area contributed by atoms with Gasteiger partial charge in [-0.3, -0.25) is 0 Å². The topological polar surface area (TPSA) is 9.23 Å². The molecule has 0 aliphatic rings. The van der Waals surface area contributed by atoms with Crippen molar-refractivity contribution in [3.8, 4) is 0 Å². The zero-order valence-electron chi connectivity index (χ0n) is 6.27. The van der Waals surface area contributed by atoms with E-state index in [-0.39, 0.29) is 0 Å². The van der Waals surface area contributed by atoms with Gasteiger partial charge in [-0.05, 0) is 11.8 Å². The van der Waals surface area contributed by atoms with Crippen LogP contribution in [-0.4, -0.2) is 13.7 Å². The summed E-state index contributed by atoms with van der Waals surface area (Å²) in [6, 6.07) is 0. The second-order valence-corrected chi connectivity index (χ2v) is 2.68. The van der Waals surface area contributed by atoms with E-state index in [4.69, 9.17) is 4.74 Å². The maximum Gasteiger partial charge on any atom is 0.0490 e. The quantitative estimate of drug-likeness (QED) is 0.547. The Labute approximate surface area is 52.0 Å². The fourth-order valence-corrected chi connectivity index (χ4v) is 0.455. The Hall–Kier alpha value is -0.0400. The Morgan fingerprint density at radius 3 is 1.88 bits per heavy atom. The lowest BCUT2D eigenvalue weighted by atomic mass is 10.00. The molecule has 1 atom stereocenters. The van der Waals surface area contributed by atoms with Gasteiger partial charge >= 0.3 is 0 Å². The van der Waals surface area contributed by atoms with Gasteiger partial charge in [-0.25, -0.2) is 0 Å². The summed E-state index contributed by atoms with van der Waals surface area (Å²) in [6.45, 7) is 7.51. The van der Waals surface area contributed by atoms with Crippen molar-refractivity contribution in [1.29, 1.82) is 0 Å². The van der Waals surface area contributed by atoms with Gasteiger partial charge in [-0.1, -0.05) is 20.8 Å². The second-order valence-electron chi connectivity index (χ2n) is 2.68. The van der Waals surface area contributed by atoms with Gasteiger partial charge in [-0.2, -0.15) is 0 Å². The smallest absolute Gasteiger partial charge is 0.0490 e. The zero-order valence-corrected chi connectivity index (χ0v) is 6.27. The molecule has 0 radical (unpaired) electrons. The van der Waals surface area contributed by atoms with E-state index in [0.717, 1.165) is 12.5 Å². The molecule has 0 aliphatic carbocycles. The SMILES string of the molecule is COC[C@H](C)C(C)C. The monoisotopic (exact) mass is 116 g/mol. The Balaban J connectivity index is 3.17. The summed E-state index contributed by atoms with van der Waals surface area (Å²) < 4.78 is 4.96. The minimum Gasteiger partial charge on any atom is -0.384 e. The number of hydrogen-bond donors (Lipinski definition) is 0. The van der Waals surface area contributed by atoms with Crippen molar-refractivity contribution in [3.05, 3.63) is 0 Å². The fraction of sp³-hybridized carbons (Fsp3) is 1.00. The van der Waals surface area contributed by atoms with Crippen LogP contribution in [0.5, 0.6) is 0 Å². The molecule has 0 aromatic carbocycles. The van der Waals surface area contributed by atoms with Crippen LogP contribution in [0.25, 0.3) is 0 Å². The lowest BCUT2D eigenvalue weighted by molar-refractivity contribution is 0.138. The highest BCUT2D eigenvalue weighted by atomic mass is 16.5. The van der Waals surface area contributed by atoms with Crippen LogP contribution in [0.15, 0.2) is 0 Å². The largest absolute Gasteiger partial charge is 0.384 e. The van der Waals surface area contributed by atoms with Gasteiger partial charge in [0, 0.05) is 13.7 Å². The molecule has 0 saturated carbocycles. The molecule has 0 spiro atoms. The molecule has 8 heavy (non-hydrogen) atoms. The average molecular weight is 116 g/mol. The van der Waals surface area contributed by atoms with Crippen molar-refractivity contribution in [2.24, 2.45) is 11.8 Å². The molecule has 0 heterocycles. The Morgan fingerprint density at radius 2 is 1.75 bits per heavy atom. The highest BCUT2D eigenvalue weighted by Gasteiger charge is 2.04. The van der Waals surface area contributed by atoms with Crippen LogP contribution in [0.2, 0.25) is 0 Å². The first kappa shape index (κ1) is 7.96. The molecule has 0 bridgehead atoms. The predicted molar refractivity (Wildman–Crippen MR) is 35.9 cm³/mol. The van der Waals surface area contributed by atoms with Crippen LogP contribution in [0.3, 0.4) is 0 Å². The normalized spacial score (nSPS) is 14.6. The molecule has 0 aromatic rings. The van der Waals surface area contributed by atoms with Gasteiger partial charge < -0.3 is 4.74 Å². The highest BCUT2D eigenvalue weighted by Crippen LogP contribution is 2.08. The lowest BCUT2D eigenvalue weighted by Crippen LogP contribution is -2.09. The van der Waals surface area contributed by atoms with Crippen LogP contribution in [0.1, 0.15) is 20.8 Å². The van der Waals surface area contributed by atoms with Crippen LogP contribution < -0.4 is 0 Å². The minimum atomic E-state index is 0.694. The third-order valence-corrected chi connectivity index (χ3v) is 1.57. The summed E-state index contributed by atoms with van der Waals surface area (Å²) >= 11 is 0. The summed E-state index contributed by atoms with van der Waals surface area (Å²) in [7, 11) is 1.75. The van der Waals surface area contributed by atoms with E-state index in [2.05, 4.69) is 20.8 Å². The van der Waals surface area contributed by atoms with Crippen molar-refractivity contribution in [2.75, 3.05) is 13.7 Å². The first-order valence-electron chi connectivity index (χ1n) is 3.17. The van der Waals surface area contributed by atoms with E-state index in [9.17, 15) is 0 Å². The Bertz CT molecular complexity index is 50.3. The molecule has 0 fully saturated rings. The Kier molecular flexibility index (Phi) is 3.88. The number of hydrogen-bond acceptors (Lipinski definition) is 1. The van der Waals surface area contributed by atoms with Gasteiger partial charge in [0.1, 0.15) is 0 Å². The molecule has 0 aromatic heterocycles. The third-order valence-electron chi connectivity index (χ3n) is 1.57. The van der Waals surface area contributed by atoms with Gasteiger partial charge in [0.05, 0.1) is 0 Å². The summed E-state index contributed by atoms with van der Waals surface area (Å²) in [5.74, 6) is 1.44. The molecule has 0 rings (SSSR count). The Morgan fingerprint density at radius 1 is 1.25 bits per heavy atom. The first-order chi connectivity index (χ1) is 3.68. The zero-order chi connectivity index (χ0) is 6.57. The standard InChI is InChI=1S/C7H16O/c1-6(2)7(3)5-8-4/h6-7H,5H2,1-4H3/t7-/m0/s1. The van der Waals surface area contributed by atoms with Gasteiger partial charge in [0.2, 0.25) is 0 Å². The van der Waals surface area contributed by atoms with Crippen molar-refractivity contribution in [1.82, 2.24) is 0 Å². The molecular weight excluding hydrogens is 100 g/mol. The molecule has 50 valence electrons. The molecule has 0 saturated heterocycles. The second kappa shape index (κ2) is 3.90. The summed E-state index contributed by atoms with van der Waals surface area (Å²) in [5, 5.41) is 0. The molecular formula is C7H16O. The maximum atomic E-state index is 4.96. The van der Waals surface area contributed by atoms with Crippen molar-refractivity contribution < 1.29 is 4.74 Å². The van der Waals surface area contributed by atoms with E-state index in [1.54, 1.807) is 7.11 Å². The average Bonchev–Trinajstić information content (AvgIpc) is 1.67. The molecule has 1 heteroatoms. The summed E-state index contributed by atoms with van der Waals surface area (Å²) in [6.07, 6.45) is 0. The van der Waals surface area contributed by atoms with Crippen LogP contribution in [-0.2, 0) is 4.74 Å². The number of methoxy groups -OCH3 is 1. The molecule has 0 aliphatic heterocycles. The van der Waals surface area contributed by atoms with E-state index in [1.807, 2.05) is 0 Å². The predicted octanol–water partition coefficient (Wildman–Crippen LogP) is 1.92. The highest BCUT2D eigenvalue weighted by molar-refractivity contribution is 4.53. The fourth-order valence-electron chi connectivity index (χ4n) is 0.455. The maximum absolute atomic E-state index is 4.96. The van der Waals surface area contributed by atoms with Gasteiger partial charge in [-0.15, -0.1) is 0 Å². The van der Waals surface area contributed by atoms with Gasteiger partial charge in [0.15, 0.2) is 0 Å².